The van der Waals surface area contributed by atoms with E-state index in [-0.39, 0.29) is 5.56 Å². The Morgan fingerprint density at radius 3 is 2.28 bits per heavy atom. The molecule has 0 atom stereocenters. The Morgan fingerprint density at radius 2 is 1.61 bits per heavy atom. The Labute approximate surface area is 216 Å². The van der Waals surface area contributed by atoms with Crippen LogP contribution < -0.4 is 10.9 Å². The van der Waals surface area contributed by atoms with Crippen molar-refractivity contribution in [1.82, 2.24) is 14.5 Å². The van der Waals surface area contributed by atoms with Gasteiger partial charge in [-0.15, -0.1) is 11.8 Å². The molecular weight excluding hydrogens is 466 g/mol. The lowest BCUT2D eigenvalue weighted by molar-refractivity contribution is 0.616. The van der Waals surface area contributed by atoms with Crippen LogP contribution >= 0.6 is 11.8 Å². The van der Waals surface area contributed by atoms with Gasteiger partial charge < -0.3 is 5.32 Å². The number of para-hydroxylation sites is 1. The molecule has 36 heavy (non-hydrogen) atoms. The SMILES string of the molecule is CCCCCCCCNc1nc2c(C#N)c(SC)nc(-c3ccccc3)c2c(=O)n1-c1ccccc1. The largest absolute Gasteiger partial charge is 0.355 e. The number of thioether (sulfide) groups is 1. The second-order valence-electron chi connectivity index (χ2n) is 8.65. The van der Waals surface area contributed by atoms with E-state index < -0.39 is 0 Å². The number of fused-ring (bicyclic) bond motifs is 1. The van der Waals surface area contributed by atoms with Gasteiger partial charge in [0.2, 0.25) is 5.95 Å². The van der Waals surface area contributed by atoms with E-state index in [1.54, 1.807) is 4.57 Å². The fourth-order valence-electron chi connectivity index (χ4n) is 4.32. The van der Waals surface area contributed by atoms with Crippen LogP contribution in [0.25, 0.3) is 27.8 Å². The van der Waals surface area contributed by atoms with Crippen molar-refractivity contribution in [2.24, 2.45) is 0 Å². The number of nitriles is 1. The number of hydrogen-bond donors (Lipinski definition) is 1. The first-order chi connectivity index (χ1) is 17.7. The molecule has 0 saturated carbocycles. The summed E-state index contributed by atoms with van der Waals surface area (Å²) in [5.41, 5.74) is 2.54. The van der Waals surface area contributed by atoms with E-state index in [0.29, 0.717) is 45.4 Å². The number of benzene rings is 2. The van der Waals surface area contributed by atoms with Crippen molar-refractivity contribution in [2.45, 2.75) is 50.5 Å². The van der Waals surface area contributed by atoms with Gasteiger partial charge in [-0.2, -0.15) is 5.26 Å². The topological polar surface area (TPSA) is 83.6 Å². The first-order valence-corrected chi connectivity index (χ1v) is 13.7. The van der Waals surface area contributed by atoms with Crippen LogP contribution in [0.3, 0.4) is 0 Å². The minimum absolute atomic E-state index is 0.243. The van der Waals surface area contributed by atoms with Crippen LogP contribution in [-0.2, 0) is 0 Å². The molecule has 0 unspecified atom stereocenters. The molecule has 2 aromatic carbocycles. The second kappa shape index (κ2) is 12.4. The van der Waals surface area contributed by atoms with Crippen LogP contribution in [0.1, 0.15) is 51.0 Å². The molecule has 0 saturated heterocycles. The first kappa shape index (κ1) is 25.5. The van der Waals surface area contributed by atoms with Gasteiger partial charge in [0.15, 0.2) is 0 Å². The second-order valence-corrected chi connectivity index (χ2v) is 9.45. The van der Waals surface area contributed by atoms with E-state index in [2.05, 4.69) is 18.3 Å². The minimum atomic E-state index is -0.243. The molecule has 2 heterocycles. The van der Waals surface area contributed by atoms with Crippen molar-refractivity contribution in [2.75, 3.05) is 18.1 Å². The summed E-state index contributed by atoms with van der Waals surface area (Å²) in [4.78, 5) is 23.8. The predicted octanol–water partition coefficient (Wildman–Crippen LogP) is 6.81. The zero-order chi connectivity index (χ0) is 25.3. The molecule has 4 aromatic rings. The number of rotatable bonds is 11. The van der Waals surface area contributed by atoms with Gasteiger partial charge in [0.05, 0.1) is 16.8 Å². The number of unbranched alkanes of at least 4 members (excludes halogenated alkanes) is 5. The average molecular weight is 498 g/mol. The molecule has 0 radical (unpaired) electrons. The summed E-state index contributed by atoms with van der Waals surface area (Å²) in [7, 11) is 0. The van der Waals surface area contributed by atoms with Gasteiger partial charge >= 0.3 is 0 Å². The van der Waals surface area contributed by atoms with Crippen molar-refractivity contribution in [3.05, 3.63) is 76.6 Å². The lowest BCUT2D eigenvalue weighted by Crippen LogP contribution is -2.25. The van der Waals surface area contributed by atoms with Crippen LogP contribution in [0.2, 0.25) is 0 Å². The Hall–Kier alpha value is -3.63. The molecule has 0 bridgehead atoms. The van der Waals surface area contributed by atoms with Gasteiger partial charge in [-0.3, -0.25) is 4.79 Å². The number of aromatic nitrogens is 3. The third kappa shape index (κ3) is 5.44. The highest BCUT2D eigenvalue weighted by molar-refractivity contribution is 7.98. The Bertz CT molecular complexity index is 1410. The molecule has 0 spiro atoms. The van der Waals surface area contributed by atoms with Gasteiger partial charge in [-0.05, 0) is 24.8 Å². The van der Waals surface area contributed by atoms with Gasteiger partial charge in [-0.1, -0.05) is 87.6 Å². The van der Waals surface area contributed by atoms with Crippen LogP contribution in [0.5, 0.6) is 0 Å². The lowest BCUT2D eigenvalue weighted by Gasteiger charge is -2.17. The van der Waals surface area contributed by atoms with E-state index in [1.807, 2.05) is 66.9 Å². The van der Waals surface area contributed by atoms with E-state index in [0.717, 1.165) is 18.4 Å². The van der Waals surface area contributed by atoms with Crippen molar-refractivity contribution in [3.63, 3.8) is 0 Å². The standard InChI is InChI=1S/C29H31N5OS/c1-3-4-5-6-7-14-19-31-29-33-26-23(20-30)27(36-2)32-25(21-15-10-8-11-16-21)24(26)28(35)34(29)22-17-12-9-13-18-22/h8-13,15-18H,3-7,14,19H2,1-2H3,(H,31,33). The molecule has 0 aliphatic carbocycles. The summed E-state index contributed by atoms with van der Waals surface area (Å²) in [6.45, 7) is 2.91. The summed E-state index contributed by atoms with van der Waals surface area (Å²) in [5, 5.41) is 14.3. The Morgan fingerprint density at radius 1 is 0.944 bits per heavy atom. The molecule has 7 heteroatoms. The van der Waals surface area contributed by atoms with Gasteiger partial charge in [-0.25, -0.2) is 14.5 Å². The van der Waals surface area contributed by atoms with Gasteiger partial charge in [0, 0.05) is 12.1 Å². The lowest BCUT2D eigenvalue weighted by atomic mass is 10.1. The molecule has 2 aromatic heterocycles. The van der Waals surface area contributed by atoms with Crippen LogP contribution in [0, 0.1) is 11.3 Å². The fourth-order valence-corrected chi connectivity index (χ4v) is 4.85. The Kier molecular flexibility index (Phi) is 8.75. The molecule has 184 valence electrons. The van der Waals surface area contributed by atoms with Crippen molar-refractivity contribution >= 4 is 28.6 Å². The molecular formula is C29H31N5OS. The molecule has 6 nitrogen and oxygen atoms in total. The van der Waals surface area contributed by atoms with E-state index in [4.69, 9.17) is 9.97 Å². The maximum atomic E-state index is 14.1. The van der Waals surface area contributed by atoms with Crippen LogP contribution in [0.15, 0.2) is 70.5 Å². The van der Waals surface area contributed by atoms with Crippen LogP contribution in [0.4, 0.5) is 5.95 Å². The highest BCUT2D eigenvalue weighted by Gasteiger charge is 2.22. The van der Waals surface area contributed by atoms with E-state index >= 15 is 0 Å². The maximum absolute atomic E-state index is 14.1. The minimum Gasteiger partial charge on any atom is -0.355 e. The quantitative estimate of drug-likeness (QED) is 0.181. The number of pyridine rings is 1. The summed E-state index contributed by atoms with van der Waals surface area (Å²) in [6.07, 6.45) is 8.93. The molecule has 0 fully saturated rings. The zero-order valence-electron chi connectivity index (χ0n) is 20.8. The van der Waals surface area contributed by atoms with Crippen LogP contribution in [-0.4, -0.2) is 27.3 Å². The first-order valence-electron chi connectivity index (χ1n) is 12.5. The summed E-state index contributed by atoms with van der Waals surface area (Å²) < 4.78 is 1.60. The molecule has 0 aliphatic rings. The number of nitrogens with zero attached hydrogens (tertiary/aromatic N) is 4. The summed E-state index contributed by atoms with van der Waals surface area (Å²) in [5.74, 6) is 0.445. The molecule has 0 amide bonds. The monoisotopic (exact) mass is 497 g/mol. The number of hydrogen-bond acceptors (Lipinski definition) is 6. The highest BCUT2D eigenvalue weighted by atomic mass is 32.2. The molecule has 1 N–H and O–H groups in total. The van der Waals surface area contributed by atoms with E-state index in [9.17, 15) is 10.1 Å². The normalized spacial score (nSPS) is 10.9. The maximum Gasteiger partial charge on any atom is 0.269 e. The third-order valence-corrected chi connectivity index (χ3v) is 6.85. The van der Waals surface area contributed by atoms with Gasteiger partial charge in [0.25, 0.3) is 5.56 Å². The Balaban J connectivity index is 1.88. The average Bonchev–Trinajstić information content (AvgIpc) is 2.92. The zero-order valence-corrected chi connectivity index (χ0v) is 21.6. The third-order valence-electron chi connectivity index (χ3n) is 6.16. The smallest absolute Gasteiger partial charge is 0.269 e. The van der Waals surface area contributed by atoms with Crippen molar-refractivity contribution in [1.29, 1.82) is 5.26 Å². The molecule has 4 rings (SSSR count). The highest BCUT2D eigenvalue weighted by Crippen LogP contribution is 2.32. The van der Waals surface area contributed by atoms with Crippen molar-refractivity contribution in [3.8, 4) is 23.0 Å². The predicted molar refractivity (Wildman–Crippen MR) is 149 cm³/mol. The van der Waals surface area contributed by atoms with E-state index in [1.165, 1.54) is 37.4 Å². The summed E-state index contributed by atoms with van der Waals surface area (Å²) in [6, 6.07) is 21.4. The van der Waals surface area contributed by atoms with Crippen molar-refractivity contribution < 1.29 is 0 Å². The summed E-state index contributed by atoms with van der Waals surface area (Å²) >= 11 is 1.38. The fraction of sp³-hybridized carbons (Fsp3) is 0.310. The number of nitrogens with one attached hydrogen (secondary N) is 1. The number of anilines is 1. The van der Waals surface area contributed by atoms with Gasteiger partial charge in [0.1, 0.15) is 22.2 Å². The molecule has 0 aliphatic heterocycles.